The van der Waals surface area contributed by atoms with Crippen molar-refractivity contribution in [3.63, 3.8) is 0 Å². The number of carbonyl (C=O) groups is 1. The van der Waals surface area contributed by atoms with Gasteiger partial charge in [0.1, 0.15) is 5.60 Å². The van der Waals surface area contributed by atoms with Gasteiger partial charge in [0.25, 0.3) is 0 Å². The number of hydrogen-bond donors (Lipinski definition) is 1. The molecule has 1 aromatic rings. The van der Waals surface area contributed by atoms with Gasteiger partial charge in [0.05, 0.1) is 10.4 Å². The van der Waals surface area contributed by atoms with Gasteiger partial charge in [-0.2, -0.15) is 4.31 Å². The van der Waals surface area contributed by atoms with Crippen molar-refractivity contribution in [3.05, 3.63) is 24.3 Å². The molecular weight excluding hydrogens is 342 g/mol. The van der Waals surface area contributed by atoms with E-state index in [0.717, 1.165) is 0 Å². The number of carbonyl (C=O) groups excluding carboxylic acids is 1. The van der Waals surface area contributed by atoms with Gasteiger partial charge >= 0.3 is 6.09 Å². The number of amides is 1. The van der Waals surface area contributed by atoms with Crippen LogP contribution >= 0.6 is 0 Å². The third kappa shape index (κ3) is 4.43. The minimum atomic E-state index is -3.64. The van der Waals surface area contributed by atoms with E-state index in [2.05, 4.69) is 0 Å². The SMILES string of the molecule is CC(C)(C)OC(=O)N1CCN(S(=O)(=O)c2ccc(N)cc2)CC1(C)C. The van der Waals surface area contributed by atoms with E-state index in [0.29, 0.717) is 5.69 Å². The predicted molar refractivity (Wildman–Crippen MR) is 96.6 cm³/mol. The number of sulfonamides is 1. The van der Waals surface area contributed by atoms with Gasteiger partial charge in [0.15, 0.2) is 0 Å². The third-order valence-electron chi connectivity index (χ3n) is 4.00. The molecule has 0 aliphatic carbocycles. The Morgan fingerprint density at radius 1 is 1.16 bits per heavy atom. The van der Waals surface area contributed by atoms with Crippen molar-refractivity contribution in [2.75, 3.05) is 25.4 Å². The Kier molecular flexibility index (Phi) is 5.07. The molecule has 1 aliphatic heterocycles. The van der Waals surface area contributed by atoms with Gasteiger partial charge in [-0.05, 0) is 58.9 Å². The van der Waals surface area contributed by atoms with E-state index >= 15 is 0 Å². The first-order valence-electron chi connectivity index (χ1n) is 8.19. The van der Waals surface area contributed by atoms with E-state index in [9.17, 15) is 13.2 Å². The molecule has 1 fully saturated rings. The van der Waals surface area contributed by atoms with Crippen LogP contribution in [0.4, 0.5) is 10.5 Å². The monoisotopic (exact) mass is 369 g/mol. The van der Waals surface area contributed by atoms with Crippen molar-refractivity contribution >= 4 is 21.8 Å². The summed E-state index contributed by atoms with van der Waals surface area (Å²) < 4.78 is 32.5. The molecule has 0 atom stereocenters. The molecule has 1 heterocycles. The molecule has 2 N–H and O–H groups in total. The van der Waals surface area contributed by atoms with Crippen LogP contribution in [0.25, 0.3) is 0 Å². The molecule has 25 heavy (non-hydrogen) atoms. The molecule has 1 aromatic carbocycles. The molecule has 8 heteroatoms. The molecule has 7 nitrogen and oxygen atoms in total. The van der Waals surface area contributed by atoms with E-state index in [4.69, 9.17) is 10.5 Å². The van der Waals surface area contributed by atoms with Gasteiger partial charge in [-0.15, -0.1) is 0 Å². The molecule has 140 valence electrons. The van der Waals surface area contributed by atoms with E-state index in [1.165, 1.54) is 16.4 Å². The molecule has 0 radical (unpaired) electrons. The summed E-state index contributed by atoms with van der Waals surface area (Å²) in [5.41, 5.74) is 4.86. The summed E-state index contributed by atoms with van der Waals surface area (Å²) in [6.45, 7) is 9.77. The van der Waals surface area contributed by atoms with Crippen LogP contribution in [0.15, 0.2) is 29.2 Å². The number of rotatable bonds is 2. The molecule has 1 amide bonds. The minimum Gasteiger partial charge on any atom is -0.444 e. The molecule has 2 rings (SSSR count). The lowest BCUT2D eigenvalue weighted by molar-refractivity contribution is -0.0119. The topological polar surface area (TPSA) is 92.9 Å². The van der Waals surface area contributed by atoms with E-state index in [1.807, 2.05) is 13.8 Å². The lowest BCUT2D eigenvalue weighted by atomic mass is 10.0. The van der Waals surface area contributed by atoms with Gasteiger partial charge in [0, 0.05) is 25.3 Å². The Bertz CT molecular complexity index is 736. The van der Waals surface area contributed by atoms with E-state index in [-0.39, 0.29) is 24.5 Å². The molecular formula is C17H27N3O4S. The van der Waals surface area contributed by atoms with Crippen LogP contribution in [0.3, 0.4) is 0 Å². The zero-order valence-electron chi connectivity index (χ0n) is 15.4. The zero-order valence-corrected chi connectivity index (χ0v) is 16.3. The van der Waals surface area contributed by atoms with Gasteiger partial charge in [-0.1, -0.05) is 0 Å². The molecule has 0 bridgehead atoms. The average Bonchev–Trinajstić information content (AvgIpc) is 2.44. The van der Waals surface area contributed by atoms with Crippen LogP contribution in [0.1, 0.15) is 34.6 Å². The number of benzene rings is 1. The van der Waals surface area contributed by atoms with Crippen molar-refractivity contribution in [1.29, 1.82) is 0 Å². The second kappa shape index (κ2) is 6.49. The Labute approximate surface area is 149 Å². The number of hydrogen-bond acceptors (Lipinski definition) is 5. The summed E-state index contributed by atoms with van der Waals surface area (Å²) >= 11 is 0. The highest BCUT2D eigenvalue weighted by atomic mass is 32.2. The Morgan fingerprint density at radius 3 is 2.20 bits per heavy atom. The summed E-state index contributed by atoms with van der Waals surface area (Å²) in [6, 6.07) is 6.12. The Balaban J connectivity index is 2.19. The van der Waals surface area contributed by atoms with Crippen LogP contribution in [0.2, 0.25) is 0 Å². The minimum absolute atomic E-state index is 0.193. The normalized spacial score (nSPS) is 18.8. The van der Waals surface area contributed by atoms with Crippen molar-refractivity contribution in [2.45, 2.75) is 50.7 Å². The Morgan fingerprint density at radius 2 is 1.72 bits per heavy atom. The second-order valence-corrected chi connectivity index (χ2v) is 9.79. The first-order chi connectivity index (χ1) is 11.3. The molecule has 1 aliphatic rings. The van der Waals surface area contributed by atoms with E-state index < -0.39 is 27.3 Å². The number of nitrogens with two attached hydrogens (primary N) is 1. The van der Waals surface area contributed by atoms with Gasteiger partial charge < -0.3 is 15.4 Å². The number of ether oxygens (including phenoxy) is 1. The highest BCUT2D eigenvalue weighted by Gasteiger charge is 2.42. The highest BCUT2D eigenvalue weighted by Crippen LogP contribution is 2.28. The average molecular weight is 369 g/mol. The van der Waals surface area contributed by atoms with Gasteiger partial charge in [0.2, 0.25) is 10.0 Å². The number of nitrogens with zero attached hydrogens (tertiary/aromatic N) is 2. The predicted octanol–water partition coefficient (Wildman–Crippen LogP) is 2.29. The summed E-state index contributed by atoms with van der Waals surface area (Å²) in [5, 5.41) is 0. The third-order valence-corrected chi connectivity index (χ3v) is 5.86. The maximum absolute atomic E-state index is 12.8. The maximum atomic E-state index is 12.8. The Hall–Kier alpha value is -1.80. The maximum Gasteiger partial charge on any atom is 0.410 e. The van der Waals surface area contributed by atoms with Crippen molar-refractivity contribution < 1.29 is 17.9 Å². The van der Waals surface area contributed by atoms with Crippen LogP contribution in [0, 0.1) is 0 Å². The fourth-order valence-corrected chi connectivity index (χ4v) is 4.35. The lowest BCUT2D eigenvalue weighted by Gasteiger charge is -2.46. The molecule has 0 spiro atoms. The fraction of sp³-hybridized carbons (Fsp3) is 0.588. The quantitative estimate of drug-likeness (QED) is 0.808. The largest absolute Gasteiger partial charge is 0.444 e. The fourth-order valence-electron chi connectivity index (χ4n) is 2.76. The zero-order chi connectivity index (χ0) is 19.0. The first-order valence-corrected chi connectivity index (χ1v) is 9.63. The van der Waals surface area contributed by atoms with Crippen LogP contribution in [0.5, 0.6) is 0 Å². The smallest absolute Gasteiger partial charge is 0.410 e. The number of anilines is 1. The van der Waals surface area contributed by atoms with Crippen LogP contribution < -0.4 is 5.73 Å². The molecule has 1 saturated heterocycles. The summed E-state index contributed by atoms with van der Waals surface area (Å²) in [7, 11) is -3.64. The lowest BCUT2D eigenvalue weighted by Crippen LogP contribution is -2.62. The first kappa shape index (κ1) is 19.5. The standard InChI is InChI=1S/C17H27N3O4S/c1-16(2,3)24-15(21)20-11-10-19(12-17(20,4)5)25(22,23)14-8-6-13(18)7-9-14/h6-9H,10-12,18H2,1-5H3. The van der Waals surface area contributed by atoms with Gasteiger partial charge in [-0.3, -0.25) is 0 Å². The van der Waals surface area contributed by atoms with Crippen LogP contribution in [-0.2, 0) is 14.8 Å². The highest BCUT2D eigenvalue weighted by molar-refractivity contribution is 7.89. The second-order valence-electron chi connectivity index (χ2n) is 7.85. The van der Waals surface area contributed by atoms with Crippen molar-refractivity contribution in [1.82, 2.24) is 9.21 Å². The number of piperazine rings is 1. The van der Waals surface area contributed by atoms with Gasteiger partial charge in [-0.25, -0.2) is 13.2 Å². The molecule has 0 unspecified atom stereocenters. The molecule has 0 saturated carbocycles. The van der Waals surface area contributed by atoms with E-state index in [1.54, 1.807) is 37.8 Å². The van der Waals surface area contributed by atoms with Crippen molar-refractivity contribution in [2.24, 2.45) is 0 Å². The number of nitrogen functional groups attached to an aromatic ring is 1. The summed E-state index contributed by atoms with van der Waals surface area (Å²) in [5.74, 6) is 0. The summed E-state index contributed by atoms with van der Waals surface area (Å²) in [4.78, 5) is 14.2. The summed E-state index contributed by atoms with van der Waals surface area (Å²) in [6.07, 6.45) is -0.429. The van der Waals surface area contributed by atoms with Crippen LogP contribution in [-0.4, -0.2) is 54.5 Å². The molecule has 0 aromatic heterocycles. The van der Waals surface area contributed by atoms with Crippen molar-refractivity contribution in [3.8, 4) is 0 Å².